The van der Waals surface area contributed by atoms with Crippen LogP contribution in [0.15, 0.2) is 51.8 Å². The molecule has 144 valence electrons. The molecule has 27 heavy (non-hydrogen) atoms. The van der Waals surface area contributed by atoms with E-state index >= 15 is 0 Å². The molecule has 0 unspecified atom stereocenters. The van der Waals surface area contributed by atoms with Crippen LogP contribution >= 0.6 is 15.9 Å². The van der Waals surface area contributed by atoms with Gasteiger partial charge in [0, 0.05) is 29.4 Å². The molecule has 0 aromatic heterocycles. The van der Waals surface area contributed by atoms with Gasteiger partial charge in [-0.15, -0.1) is 0 Å². The lowest BCUT2D eigenvalue weighted by Crippen LogP contribution is -2.31. The maximum Gasteiger partial charge on any atom is 0.288 e. The van der Waals surface area contributed by atoms with Gasteiger partial charge in [0.25, 0.3) is 11.6 Å². The standard InChI is InChI=1S/C17H17BrN2O6S/c1-19(9-10-26-14-6-4-13(18)5-7-14)17(21)12-3-8-16(27(2,24)25)15(11-12)20(22)23/h3-8,11H,9-10H2,1-2H3. The topological polar surface area (TPSA) is 107 Å². The van der Waals surface area contributed by atoms with Crippen LogP contribution in [-0.4, -0.2) is 50.6 Å². The molecule has 0 aliphatic heterocycles. The van der Waals surface area contributed by atoms with Gasteiger partial charge in [0.15, 0.2) is 9.84 Å². The molecular weight excluding hydrogens is 440 g/mol. The van der Waals surface area contributed by atoms with Crippen molar-refractivity contribution in [1.82, 2.24) is 4.90 Å². The fourth-order valence-electron chi connectivity index (χ4n) is 2.26. The third-order valence-electron chi connectivity index (χ3n) is 3.66. The van der Waals surface area contributed by atoms with Crippen LogP contribution in [0.2, 0.25) is 0 Å². The molecule has 0 saturated heterocycles. The third-order valence-corrected chi connectivity index (χ3v) is 5.33. The van der Waals surface area contributed by atoms with Crippen molar-refractivity contribution in [2.75, 3.05) is 26.5 Å². The van der Waals surface area contributed by atoms with Crippen molar-refractivity contribution in [3.05, 3.63) is 62.6 Å². The third kappa shape index (κ3) is 5.51. The van der Waals surface area contributed by atoms with Crippen molar-refractivity contribution in [3.8, 4) is 5.75 Å². The van der Waals surface area contributed by atoms with Gasteiger partial charge in [0.1, 0.15) is 17.3 Å². The molecule has 2 aromatic carbocycles. The summed E-state index contributed by atoms with van der Waals surface area (Å²) in [6.07, 6.45) is 0.877. The fraction of sp³-hybridized carbons (Fsp3) is 0.235. The van der Waals surface area contributed by atoms with Crippen molar-refractivity contribution in [2.45, 2.75) is 4.90 Å². The van der Waals surface area contributed by atoms with Gasteiger partial charge in [-0.1, -0.05) is 15.9 Å². The first-order valence-corrected chi connectivity index (χ1v) is 10.4. The number of hydrogen-bond donors (Lipinski definition) is 0. The maximum atomic E-state index is 12.5. The molecule has 0 N–H and O–H groups in total. The summed E-state index contributed by atoms with van der Waals surface area (Å²) >= 11 is 3.32. The Morgan fingerprint density at radius 3 is 2.41 bits per heavy atom. The predicted octanol–water partition coefficient (Wildman–Crippen LogP) is 2.91. The van der Waals surface area contributed by atoms with E-state index in [2.05, 4.69) is 15.9 Å². The van der Waals surface area contributed by atoms with E-state index in [1.165, 1.54) is 18.0 Å². The highest BCUT2D eigenvalue weighted by atomic mass is 79.9. The minimum atomic E-state index is -3.78. The highest BCUT2D eigenvalue weighted by molar-refractivity contribution is 9.10. The van der Waals surface area contributed by atoms with Crippen LogP contribution in [0.25, 0.3) is 0 Å². The van der Waals surface area contributed by atoms with Crippen molar-refractivity contribution in [1.29, 1.82) is 0 Å². The average molecular weight is 457 g/mol. The lowest BCUT2D eigenvalue weighted by atomic mass is 10.2. The zero-order chi connectivity index (χ0) is 20.2. The predicted molar refractivity (Wildman–Crippen MR) is 103 cm³/mol. The Labute approximate surface area is 164 Å². The minimum Gasteiger partial charge on any atom is -0.492 e. The Bertz CT molecular complexity index is 960. The zero-order valence-corrected chi connectivity index (χ0v) is 17.0. The van der Waals surface area contributed by atoms with E-state index in [1.807, 2.05) is 12.1 Å². The van der Waals surface area contributed by atoms with E-state index in [9.17, 15) is 23.3 Å². The van der Waals surface area contributed by atoms with Gasteiger partial charge >= 0.3 is 0 Å². The summed E-state index contributed by atoms with van der Waals surface area (Å²) in [5, 5.41) is 11.2. The van der Waals surface area contributed by atoms with E-state index in [0.717, 1.165) is 22.9 Å². The molecule has 0 aliphatic carbocycles. The molecule has 2 aromatic rings. The van der Waals surface area contributed by atoms with Crippen LogP contribution in [0.1, 0.15) is 10.4 Å². The molecule has 0 saturated carbocycles. The first kappa shape index (κ1) is 20.8. The molecule has 0 fully saturated rings. The van der Waals surface area contributed by atoms with Gasteiger partial charge in [-0.05, 0) is 36.4 Å². The summed E-state index contributed by atoms with van der Waals surface area (Å²) in [5.74, 6) is 0.171. The largest absolute Gasteiger partial charge is 0.492 e. The second kappa shape index (κ2) is 8.49. The Kier molecular flexibility index (Phi) is 6.55. The summed E-state index contributed by atoms with van der Waals surface area (Å²) < 4.78 is 29.8. The number of ether oxygens (including phenoxy) is 1. The van der Waals surface area contributed by atoms with E-state index in [4.69, 9.17) is 4.74 Å². The van der Waals surface area contributed by atoms with E-state index in [0.29, 0.717) is 5.75 Å². The monoisotopic (exact) mass is 456 g/mol. The van der Waals surface area contributed by atoms with Crippen molar-refractivity contribution in [2.24, 2.45) is 0 Å². The second-order valence-electron chi connectivity index (χ2n) is 5.74. The molecule has 0 bridgehead atoms. The van der Waals surface area contributed by atoms with Crippen LogP contribution < -0.4 is 4.74 Å². The highest BCUT2D eigenvalue weighted by Gasteiger charge is 2.24. The first-order chi connectivity index (χ1) is 12.6. The number of sulfone groups is 1. The average Bonchev–Trinajstić information content (AvgIpc) is 2.61. The summed E-state index contributed by atoms with van der Waals surface area (Å²) in [7, 11) is -2.25. The summed E-state index contributed by atoms with van der Waals surface area (Å²) in [6.45, 7) is 0.476. The lowest BCUT2D eigenvalue weighted by Gasteiger charge is -2.17. The maximum absolute atomic E-state index is 12.5. The molecule has 0 atom stereocenters. The molecule has 0 heterocycles. The summed E-state index contributed by atoms with van der Waals surface area (Å²) in [4.78, 5) is 23.7. The Balaban J connectivity index is 2.08. The highest BCUT2D eigenvalue weighted by Crippen LogP contribution is 2.25. The molecule has 0 aliphatic rings. The Morgan fingerprint density at radius 2 is 1.85 bits per heavy atom. The summed E-state index contributed by atoms with van der Waals surface area (Å²) in [6, 6.07) is 10.5. The first-order valence-electron chi connectivity index (χ1n) is 7.72. The SMILES string of the molecule is CN(CCOc1ccc(Br)cc1)C(=O)c1ccc(S(C)(=O)=O)c([N+](=O)[O-])c1. The zero-order valence-electron chi connectivity index (χ0n) is 14.6. The van der Waals surface area contributed by atoms with Gasteiger partial charge in [0.05, 0.1) is 11.5 Å². The van der Waals surface area contributed by atoms with Gasteiger partial charge in [-0.25, -0.2) is 8.42 Å². The Hall–Kier alpha value is -2.46. The molecule has 8 nitrogen and oxygen atoms in total. The van der Waals surface area contributed by atoms with E-state index < -0.39 is 31.3 Å². The van der Waals surface area contributed by atoms with Gasteiger partial charge in [-0.2, -0.15) is 0 Å². The number of carbonyl (C=O) groups is 1. The van der Waals surface area contributed by atoms with Crippen LogP contribution in [0.3, 0.4) is 0 Å². The van der Waals surface area contributed by atoms with Crippen LogP contribution in [0.4, 0.5) is 5.69 Å². The van der Waals surface area contributed by atoms with E-state index in [-0.39, 0.29) is 18.7 Å². The fourth-order valence-corrected chi connectivity index (χ4v) is 3.35. The molecule has 2 rings (SSSR count). The lowest BCUT2D eigenvalue weighted by molar-refractivity contribution is -0.387. The molecule has 10 heteroatoms. The number of carbonyl (C=O) groups excluding carboxylic acids is 1. The molecule has 0 radical (unpaired) electrons. The number of halogens is 1. The molecule has 1 amide bonds. The molecule has 0 spiro atoms. The summed E-state index contributed by atoms with van der Waals surface area (Å²) in [5.41, 5.74) is -0.594. The number of nitro groups is 1. The number of hydrogen-bond acceptors (Lipinski definition) is 6. The second-order valence-corrected chi connectivity index (χ2v) is 8.64. The van der Waals surface area contributed by atoms with Gasteiger partial charge < -0.3 is 9.64 Å². The van der Waals surface area contributed by atoms with Crippen molar-refractivity contribution < 1.29 is 22.9 Å². The number of likely N-dealkylation sites (N-methyl/N-ethyl adjacent to an activating group) is 1. The normalized spacial score (nSPS) is 11.1. The van der Waals surface area contributed by atoms with Gasteiger partial charge in [0.2, 0.25) is 0 Å². The number of nitrogens with zero attached hydrogens (tertiary/aromatic N) is 2. The van der Waals surface area contributed by atoms with E-state index in [1.54, 1.807) is 12.1 Å². The molecular formula is C17H17BrN2O6S. The number of nitro benzene ring substituents is 1. The minimum absolute atomic E-state index is 0.0280. The van der Waals surface area contributed by atoms with Crippen LogP contribution in [-0.2, 0) is 9.84 Å². The quantitative estimate of drug-likeness (QED) is 0.468. The van der Waals surface area contributed by atoms with Gasteiger partial charge in [-0.3, -0.25) is 14.9 Å². The Morgan fingerprint density at radius 1 is 1.22 bits per heavy atom. The number of amides is 1. The van der Waals surface area contributed by atoms with Crippen LogP contribution in [0, 0.1) is 10.1 Å². The smallest absolute Gasteiger partial charge is 0.288 e. The number of rotatable bonds is 7. The number of benzene rings is 2. The van der Waals surface area contributed by atoms with Crippen molar-refractivity contribution >= 4 is 37.4 Å². The van der Waals surface area contributed by atoms with Crippen LogP contribution in [0.5, 0.6) is 5.75 Å². The van der Waals surface area contributed by atoms with Crippen molar-refractivity contribution in [3.63, 3.8) is 0 Å².